The van der Waals surface area contributed by atoms with E-state index in [0.717, 1.165) is 11.6 Å². The number of amides is 1. The number of aromatic nitrogens is 2. The summed E-state index contributed by atoms with van der Waals surface area (Å²) in [5.74, 6) is 0.0131. The van der Waals surface area contributed by atoms with Crippen LogP contribution in [0.3, 0.4) is 0 Å². The van der Waals surface area contributed by atoms with Gasteiger partial charge in [-0.1, -0.05) is 24.3 Å². The molecule has 39 heavy (non-hydrogen) atoms. The molecule has 0 aliphatic rings. The van der Waals surface area contributed by atoms with E-state index in [0.29, 0.717) is 35.4 Å². The lowest BCUT2D eigenvalue weighted by atomic mass is 10.0. The molecule has 2 aromatic carbocycles. The number of aliphatic hydroxyl groups is 1. The molecule has 0 saturated heterocycles. The normalized spacial score (nSPS) is 12.4. The maximum Gasteiger partial charge on any atom is 0.419 e. The predicted octanol–water partition coefficient (Wildman–Crippen LogP) is 5.40. The number of hydrogen-bond acceptors (Lipinski definition) is 5. The fourth-order valence-electron chi connectivity index (χ4n) is 4.23. The summed E-state index contributed by atoms with van der Waals surface area (Å²) in [5.41, 5.74) is 1.47. The van der Waals surface area contributed by atoms with Gasteiger partial charge in [-0.3, -0.25) is 4.79 Å². The standard InChI is InChI=1S/C29H27F3N4O3/c1-18(2)39-26-10-9-21(15-22(26)16-33)28(38)34-23(11-13-37)14-19-5-7-20(8-6-19)25-17-36-12-3-4-24(27(36)35-25)29(30,31)32/h3-10,12,15,17-18,23,37H,11,13-14H2,1-2H3,(H,34,38). The first-order valence-corrected chi connectivity index (χ1v) is 12.4. The Balaban J connectivity index is 1.48. The zero-order chi connectivity index (χ0) is 28.2. The summed E-state index contributed by atoms with van der Waals surface area (Å²) in [6.07, 6.45) is -0.859. The van der Waals surface area contributed by atoms with E-state index < -0.39 is 17.8 Å². The number of fused-ring (bicyclic) bond motifs is 1. The highest BCUT2D eigenvalue weighted by Crippen LogP contribution is 2.33. The Labute approximate surface area is 223 Å². The molecule has 0 spiro atoms. The first kappa shape index (κ1) is 27.7. The van der Waals surface area contributed by atoms with Crippen LogP contribution in [0.25, 0.3) is 16.9 Å². The molecular formula is C29H27F3N4O3. The van der Waals surface area contributed by atoms with Crippen molar-refractivity contribution >= 4 is 11.6 Å². The monoisotopic (exact) mass is 536 g/mol. The summed E-state index contributed by atoms with van der Waals surface area (Å²) in [7, 11) is 0. The molecule has 202 valence electrons. The minimum atomic E-state index is -4.51. The molecule has 0 aliphatic heterocycles. The first-order valence-electron chi connectivity index (χ1n) is 12.4. The Bertz CT molecular complexity index is 1510. The van der Waals surface area contributed by atoms with Gasteiger partial charge in [0.05, 0.1) is 22.9 Å². The molecule has 10 heteroatoms. The molecule has 4 rings (SSSR count). The number of hydrogen-bond donors (Lipinski definition) is 2. The van der Waals surface area contributed by atoms with E-state index in [4.69, 9.17) is 4.74 Å². The summed E-state index contributed by atoms with van der Waals surface area (Å²) >= 11 is 0. The molecule has 1 atom stereocenters. The van der Waals surface area contributed by atoms with Crippen LogP contribution in [-0.4, -0.2) is 39.2 Å². The minimum Gasteiger partial charge on any atom is -0.490 e. The maximum absolute atomic E-state index is 13.3. The molecule has 0 saturated carbocycles. The topological polar surface area (TPSA) is 99.7 Å². The highest BCUT2D eigenvalue weighted by Gasteiger charge is 2.34. The number of rotatable bonds is 9. The van der Waals surface area contributed by atoms with Gasteiger partial charge >= 0.3 is 6.18 Å². The van der Waals surface area contributed by atoms with Gasteiger partial charge in [-0.25, -0.2) is 4.98 Å². The second-order valence-corrected chi connectivity index (χ2v) is 9.35. The summed E-state index contributed by atoms with van der Waals surface area (Å²) < 4.78 is 47.0. The average molecular weight is 537 g/mol. The Morgan fingerprint density at radius 2 is 1.92 bits per heavy atom. The molecule has 4 aromatic rings. The van der Waals surface area contributed by atoms with Crippen molar-refractivity contribution in [3.8, 4) is 23.1 Å². The molecule has 2 heterocycles. The van der Waals surface area contributed by atoms with E-state index in [1.54, 1.807) is 30.5 Å². The van der Waals surface area contributed by atoms with Gasteiger partial charge in [0.2, 0.25) is 0 Å². The van der Waals surface area contributed by atoms with Crippen molar-refractivity contribution in [3.05, 3.63) is 89.2 Å². The van der Waals surface area contributed by atoms with Crippen LogP contribution in [0, 0.1) is 11.3 Å². The molecule has 1 unspecified atom stereocenters. The van der Waals surface area contributed by atoms with Crippen molar-refractivity contribution < 1.29 is 27.8 Å². The largest absolute Gasteiger partial charge is 0.490 e. The highest BCUT2D eigenvalue weighted by molar-refractivity contribution is 5.95. The van der Waals surface area contributed by atoms with Crippen LogP contribution in [0.5, 0.6) is 5.75 Å². The molecule has 0 bridgehead atoms. The third-order valence-electron chi connectivity index (χ3n) is 6.06. The van der Waals surface area contributed by atoms with Gasteiger partial charge in [0.15, 0.2) is 0 Å². The average Bonchev–Trinajstić information content (AvgIpc) is 3.33. The van der Waals surface area contributed by atoms with Crippen molar-refractivity contribution in [1.82, 2.24) is 14.7 Å². The van der Waals surface area contributed by atoms with E-state index in [1.807, 2.05) is 32.0 Å². The van der Waals surface area contributed by atoms with Crippen LogP contribution in [0.15, 0.2) is 67.0 Å². The number of nitriles is 1. The summed E-state index contributed by atoms with van der Waals surface area (Å²) in [6, 6.07) is 15.8. The number of imidazole rings is 1. The Kier molecular flexibility index (Phi) is 8.21. The summed E-state index contributed by atoms with van der Waals surface area (Å²) in [6.45, 7) is 3.54. The SMILES string of the molecule is CC(C)Oc1ccc(C(=O)NC(CCO)Cc2ccc(-c3cn4cccc(C(F)(F)F)c4n3)cc2)cc1C#N. The van der Waals surface area contributed by atoms with Crippen LogP contribution in [-0.2, 0) is 12.6 Å². The lowest BCUT2D eigenvalue weighted by Gasteiger charge is -2.19. The number of nitrogens with zero attached hydrogens (tertiary/aromatic N) is 3. The van der Waals surface area contributed by atoms with Gasteiger partial charge in [-0.05, 0) is 62.6 Å². The van der Waals surface area contributed by atoms with Crippen LogP contribution < -0.4 is 10.1 Å². The number of pyridine rings is 1. The molecule has 0 fully saturated rings. The lowest BCUT2D eigenvalue weighted by Crippen LogP contribution is -2.37. The predicted molar refractivity (Wildman–Crippen MR) is 139 cm³/mol. The van der Waals surface area contributed by atoms with Gasteiger partial charge in [0.1, 0.15) is 17.5 Å². The second-order valence-electron chi connectivity index (χ2n) is 9.35. The Hall–Kier alpha value is -4.36. The quantitative estimate of drug-likeness (QED) is 0.298. The van der Waals surface area contributed by atoms with Gasteiger partial charge in [0.25, 0.3) is 5.91 Å². The van der Waals surface area contributed by atoms with E-state index in [1.165, 1.54) is 22.7 Å². The molecular weight excluding hydrogens is 509 g/mol. The highest BCUT2D eigenvalue weighted by atomic mass is 19.4. The van der Waals surface area contributed by atoms with Crippen LogP contribution >= 0.6 is 0 Å². The maximum atomic E-state index is 13.3. The number of benzene rings is 2. The van der Waals surface area contributed by atoms with Crippen molar-refractivity contribution in [1.29, 1.82) is 5.26 Å². The number of halogens is 3. The van der Waals surface area contributed by atoms with Crippen molar-refractivity contribution in [3.63, 3.8) is 0 Å². The van der Waals surface area contributed by atoms with E-state index in [-0.39, 0.29) is 29.8 Å². The van der Waals surface area contributed by atoms with Crippen molar-refractivity contribution in [2.75, 3.05) is 6.61 Å². The number of alkyl halides is 3. The molecule has 0 radical (unpaired) electrons. The summed E-state index contributed by atoms with van der Waals surface area (Å²) in [5, 5.41) is 21.9. The summed E-state index contributed by atoms with van der Waals surface area (Å²) in [4.78, 5) is 17.1. The van der Waals surface area contributed by atoms with E-state index in [2.05, 4.69) is 10.3 Å². The van der Waals surface area contributed by atoms with Crippen LogP contribution in [0.1, 0.15) is 47.3 Å². The van der Waals surface area contributed by atoms with Crippen LogP contribution in [0.2, 0.25) is 0 Å². The smallest absolute Gasteiger partial charge is 0.419 e. The first-order chi connectivity index (χ1) is 18.6. The van der Waals surface area contributed by atoms with Crippen molar-refractivity contribution in [2.45, 2.75) is 45.0 Å². The molecule has 2 N–H and O–H groups in total. The van der Waals surface area contributed by atoms with Gasteiger partial charge in [-0.15, -0.1) is 0 Å². The van der Waals surface area contributed by atoms with Crippen molar-refractivity contribution in [2.24, 2.45) is 0 Å². The van der Waals surface area contributed by atoms with Crippen LogP contribution in [0.4, 0.5) is 13.2 Å². The third-order valence-corrected chi connectivity index (χ3v) is 6.06. The molecule has 2 aromatic heterocycles. The number of aliphatic hydroxyl groups excluding tert-OH is 1. The number of nitrogens with one attached hydrogen (secondary N) is 1. The fourth-order valence-corrected chi connectivity index (χ4v) is 4.23. The van der Waals surface area contributed by atoms with Gasteiger partial charge < -0.3 is 19.6 Å². The van der Waals surface area contributed by atoms with Gasteiger partial charge in [-0.2, -0.15) is 18.4 Å². The second kappa shape index (κ2) is 11.6. The molecule has 0 aliphatic carbocycles. The Morgan fingerprint density at radius 1 is 1.18 bits per heavy atom. The lowest BCUT2D eigenvalue weighted by molar-refractivity contribution is -0.136. The molecule has 7 nitrogen and oxygen atoms in total. The van der Waals surface area contributed by atoms with E-state index >= 15 is 0 Å². The zero-order valence-corrected chi connectivity index (χ0v) is 21.4. The Morgan fingerprint density at radius 3 is 2.56 bits per heavy atom. The molecule has 1 amide bonds. The fraction of sp³-hybridized carbons (Fsp3) is 0.276. The number of ether oxygens (including phenoxy) is 1. The third kappa shape index (κ3) is 6.56. The van der Waals surface area contributed by atoms with Gasteiger partial charge in [0, 0.05) is 36.2 Å². The minimum absolute atomic E-state index is 0.123. The van der Waals surface area contributed by atoms with E-state index in [9.17, 15) is 28.3 Å². The zero-order valence-electron chi connectivity index (χ0n) is 21.4. The number of carbonyl (C=O) groups excluding carboxylic acids is 1. The number of carbonyl (C=O) groups is 1.